The number of terminal acetylenes is 1. The number of nitrogens with zero attached hydrogens (tertiary/aromatic N) is 4. The first-order valence-electron chi connectivity index (χ1n) is 12.0. The molecule has 2 heterocycles. The van der Waals surface area contributed by atoms with E-state index in [9.17, 15) is 9.90 Å². The van der Waals surface area contributed by atoms with Crippen molar-refractivity contribution in [2.24, 2.45) is 17.8 Å². The molecule has 0 saturated heterocycles. The number of rotatable bonds is 7. The number of amides is 1. The van der Waals surface area contributed by atoms with E-state index < -0.39 is 18.0 Å². The zero-order valence-electron chi connectivity index (χ0n) is 19.7. The van der Waals surface area contributed by atoms with Crippen LogP contribution in [0, 0.1) is 35.5 Å². The Bertz CT molecular complexity index is 1110. The summed E-state index contributed by atoms with van der Waals surface area (Å²) < 4.78 is 1.99. The van der Waals surface area contributed by atoms with E-state index in [1.54, 1.807) is 6.92 Å². The molecule has 2 fully saturated rings. The molecule has 2 aromatic rings. The Labute approximate surface area is 199 Å². The molecule has 0 spiro atoms. The molecule has 0 bridgehead atoms. The molecule has 182 valence electrons. The van der Waals surface area contributed by atoms with Crippen LogP contribution in [0.25, 0.3) is 11.2 Å². The second-order valence-electron chi connectivity index (χ2n) is 9.64. The molecule has 0 aliphatic heterocycles. The van der Waals surface area contributed by atoms with E-state index in [1.807, 2.05) is 9.88 Å². The SMILES string of the molecule is C#C[C@H]1CC[C@H](Cn2c(C(C)O)nc3nc(C(=N)NC(=O)O)nc(N[C@H](C)C4CCC4)c32)CC1. The molecular weight excluding hydrogens is 434 g/mol. The van der Waals surface area contributed by atoms with E-state index in [-0.39, 0.29) is 11.9 Å². The summed E-state index contributed by atoms with van der Waals surface area (Å²) in [6.07, 6.45) is 10.9. The first kappa shape index (κ1) is 24.0. The maximum atomic E-state index is 11.1. The van der Waals surface area contributed by atoms with Gasteiger partial charge in [0.1, 0.15) is 17.4 Å². The molecule has 10 heteroatoms. The average molecular weight is 468 g/mol. The van der Waals surface area contributed by atoms with E-state index >= 15 is 0 Å². The predicted octanol–water partition coefficient (Wildman–Crippen LogP) is 3.51. The van der Waals surface area contributed by atoms with Crippen molar-refractivity contribution < 1.29 is 15.0 Å². The molecule has 0 radical (unpaired) electrons. The Morgan fingerprint density at radius 1 is 1.21 bits per heavy atom. The molecule has 1 amide bonds. The number of hydrogen-bond acceptors (Lipinski definition) is 7. The molecule has 4 rings (SSSR count). The predicted molar refractivity (Wildman–Crippen MR) is 129 cm³/mol. The topological polar surface area (TPSA) is 149 Å². The molecule has 2 aromatic heterocycles. The number of hydrogen-bond donors (Lipinski definition) is 5. The van der Waals surface area contributed by atoms with Crippen LogP contribution >= 0.6 is 0 Å². The van der Waals surface area contributed by atoms with Crippen LogP contribution in [0.2, 0.25) is 0 Å². The summed E-state index contributed by atoms with van der Waals surface area (Å²) in [5, 5.41) is 33.1. The van der Waals surface area contributed by atoms with Crippen LogP contribution in [0.15, 0.2) is 0 Å². The summed E-state index contributed by atoms with van der Waals surface area (Å²) in [5.74, 6) is 4.62. The van der Waals surface area contributed by atoms with Gasteiger partial charge in [-0.1, -0.05) is 6.42 Å². The van der Waals surface area contributed by atoms with Crippen LogP contribution in [0.3, 0.4) is 0 Å². The van der Waals surface area contributed by atoms with E-state index in [1.165, 1.54) is 6.42 Å². The molecule has 2 atom stereocenters. The summed E-state index contributed by atoms with van der Waals surface area (Å²) in [6.45, 7) is 4.43. The highest BCUT2D eigenvalue weighted by atomic mass is 16.4. The highest BCUT2D eigenvalue weighted by Gasteiger charge is 2.29. The second kappa shape index (κ2) is 9.97. The minimum Gasteiger partial charge on any atom is -0.465 e. The van der Waals surface area contributed by atoms with Gasteiger partial charge in [0, 0.05) is 18.5 Å². The Kier molecular flexibility index (Phi) is 7.03. The number of fused-ring (bicyclic) bond motifs is 1. The van der Waals surface area contributed by atoms with Gasteiger partial charge >= 0.3 is 6.09 Å². The van der Waals surface area contributed by atoms with Crippen molar-refractivity contribution in [1.29, 1.82) is 5.41 Å². The third kappa shape index (κ3) is 4.99. The van der Waals surface area contributed by atoms with Crippen molar-refractivity contribution in [3.05, 3.63) is 11.6 Å². The number of aromatic nitrogens is 4. The molecule has 0 aromatic carbocycles. The highest BCUT2D eigenvalue weighted by Crippen LogP contribution is 2.35. The van der Waals surface area contributed by atoms with Gasteiger partial charge in [0.2, 0.25) is 0 Å². The Balaban J connectivity index is 1.76. The van der Waals surface area contributed by atoms with Gasteiger partial charge in [0.25, 0.3) is 0 Å². The maximum absolute atomic E-state index is 11.1. The molecule has 2 saturated carbocycles. The fraction of sp³-hybridized carbons (Fsp3) is 0.625. The Morgan fingerprint density at radius 2 is 1.91 bits per heavy atom. The van der Waals surface area contributed by atoms with Crippen molar-refractivity contribution >= 4 is 28.9 Å². The van der Waals surface area contributed by atoms with Gasteiger partial charge in [-0.05, 0) is 64.2 Å². The lowest BCUT2D eigenvalue weighted by Crippen LogP contribution is -2.33. The van der Waals surface area contributed by atoms with Gasteiger partial charge in [-0.25, -0.2) is 19.7 Å². The smallest absolute Gasteiger partial charge is 0.410 e. The number of carboxylic acid groups (broad SMARTS) is 1. The van der Waals surface area contributed by atoms with Crippen LogP contribution in [-0.2, 0) is 6.54 Å². The van der Waals surface area contributed by atoms with Crippen LogP contribution in [0.1, 0.15) is 76.5 Å². The number of nitrogens with one attached hydrogen (secondary N) is 3. The van der Waals surface area contributed by atoms with Crippen molar-refractivity contribution in [1.82, 2.24) is 24.8 Å². The van der Waals surface area contributed by atoms with E-state index in [4.69, 9.17) is 16.9 Å². The zero-order valence-corrected chi connectivity index (χ0v) is 19.7. The van der Waals surface area contributed by atoms with Gasteiger partial charge in [-0.15, -0.1) is 12.3 Å². The largest absolute Gasteiger partial charge is 0.465 e. The molecule has 5 N–H and O–H groups in total. The van der Waals surface area contributed by atoms with Crippen molar-refractivity contribution in [2.75, 3.05) is 5.32 Å². The lowest BCUT2D eigenvalue weighted by molar-refractivity contribution is 0.180. The maximum Gasteiger partial charge on any atom is 0.410 e. The van der Waals surface area contributed by atoms with Crippen LogP contribution in [0.4, 0.5) is 10.6 Å². The van der Waals surface area contributed by atoms with Gasteiger partial charge < -0.3 is 20.1 Å². The standard InChI is InChI=1S/C24H33N7O3/c1-4-15-8-10-16(11-9-15)12-31-18-20(26-13(2)17-6-5-7-17)28-22(19(25)27-24(33)34)29-21(18)30-23(31)14(3)32/h1,13-17,32H,5-12H2,2-3H3,(H2,25,27)(H,33,34)(H,26,28,29)/t13-,14?,15-,16-/m1/s1. The molecule has 34 heavy (non-hydrogen) atoms. The van der Waals surface area contributed by atoms with Crippen LogP contribution in [0.5, 0.6) is 0 Å². The van der Waals surface area contributed by atoms with E-state index in [2.05, 4.69) is 33.1 Å². The van der Waals surface area contributed by atoms with E-state index in [0.717, 1.165) is 38.5 Å². The van der Waals surface area contributed by atoms with Gasteiger partial charge in [-0.3, -0.25) is 10.7 Å². The number of carbonyl (C=O) groups is 1. The highest BCUT2D eigenvalue weighted by molar-refractivity contribution is 6.03. The van der Waals surface area contributed by atoms with Crippen LogP contribution < -0.4 is 10.6 Å². The summed E-state index contributed by atoms with van der Waals surface area (Å²) in [6, 6.07) is 0.144. The Morgan fingerprint density at radius 3 is 2.47 bits per heavy atom. The zero-order chi connectivity index (χ0) is 24.4. The minimum absolute atomic E-state index is 0.0606. The lowest BCUT2D eigenvalue weighted by atomic mass is 9.80. The number of anilines is 1. The second-order valence-corrected chi connectivity index (χ2v) is 9.64. The van der Waals surface area contributed by atoms with Crippen molar-refractivity contribution in [2.45, 2.75) is 77.5 Å². The van der Waals surface area contributed by atoms with Crippen LogP contribution in [-0.4, -0.2) is 47.7 Å². The monoisotopic (exact) mass is 467 g/mol. The van der Waals surface area contributed by atoms with Gasteiger partial charge in [-0.2, -0.15) is 0 Å². The number of amidine groups is 1. The average Bonchev–Trinajstić information content (AvgIpc) is 3.11. The van der Waals surface area contributed by atoms with Crippen molar-refractivity contribution in [3.63, 3.8) is 0 Å². The molecule has 10 nitrogen and oxygen atoms in total. The third-order valence-electron chi connectivity index (χ3n) is 7.21. The molecule has 1 unspecified atom stereocenters. The fourth-order valence-electron chi connectivity index (χ4n) is 4.98. The van der Waals surface area contributed by atoms with Crippen molar-refractivity contribution in [3.8, 4) is 12.3 Å². The first-order valence-corrected chi connectivity index (χ1v) is 12.0. The third-order valence-corrected chi connectivity index (χ3v) is 7.21. The summed E-state index contributed by atoms with van der Waals surface area (Å²) >= 11 is 0. The molecule has 2 aliphatic carbocycles. The lowest BCUT2D eigenvalue weighted by Gasteiger charge is -2.32. The van der Waals surface area contributed by atoms with E-state index in [0.29, 0.717) is 47.1 Å². The quantitative estimate of drug-likeness (QED) is 0.238. The van der Waals surface area contributed by atoms with Gasteiger partial charge in [0.05, 0.1) is 0 Å². The normalized spacial score (nSPS) is 22.4. The molecule has 2 aliphatic rings. The molecular formula is C24H33N7O3. The summed E-state index contributed by atoms with van der Waals surface area (Å²) in [5.41, 5.74) is 1.01. The fourth-order valence-corrected chi connectivity index (χ4v) is 4.98. The summed E-state index contributed by atoms with van der Waals surface area (Å²) in [7, 11) is 0. The van der Waals surface area contributed by atoms with Gasteiger partial charge in [0.15, 0.2) is 23.1 Å². The summed E-state index contributed by atoms with van der Waals surface area (Å²) in [4.78, 5) is 24.6. The number of aliphatic hydroxyl groups excluding tert-OH is 1. The minimum atomic E-state index is -1.36. The first-order chi connectivity index (χ1) is 16.3. The Hall–Kier alpha value is -3.19. The number of aliphatic hydroxyl groups is 1. The number of imidazole rings is 1.